The number of aryl methyl sites for hydroxylation is 1. The van der Waals surface area contributed by atoms with Crippen LogP contribution in [0.1, 0.15) is 18.4 Å². The summed E-state index contributed by atoms with van der Waals surface area (Å²) >= 11 is 0. The first kappa shape index (κ1) is 14.8. The zero-order chi connectivity index (χ0) is 13.6. The van der Waals surface area contributed by atoms with E-state index in [9.17, 15) is 8.42 Å². The fraction of sp³-hybridized carbons (Fsp3) is 0.500. The van der Waals surface area contributed by atoms with E-state index in [2.05, 4.69) is 0 Å². The van der Waals surface area contributed by atoms with Crippen molar-refractivity contribution in [1.29, 1.82) is 0 Å². The zero-order valence-corrected chi connectivity index (χ0v) is 11.4. The van der Waals surface area contributed by atoms with Crippen LogP contribution in [-0.2, 0) is 16.5 Å². The van der Waals surface area contributed by atoms with Crippen LogP contribution in [-0.4, -0.2) is 32.9 Å². The predicted octanol–water partition coefficient (Wildman–Crippen LogP) is 1.91. The Balaban J connectivity index is 2.53. The van der Waals surface area contributed by atoms with Gasteiger partial charge in [-0.25, -0.2) is 0 Å². The van der Waals surface area contributed by atoms with Gasteiger partial charge in [-0.3, -0.25) is 4.55 Å². The molecule has 6 heteroatoms. The standard InChI is InChI=1S/C12H18O5S/c1-16-11-7-6-10(9-12(11)17-2)5-3-4-8-18(13,14)15/h6-7,9H,3-5,8H2,1-2H3,(H,13,14,15). The number of hydrogen-bond acceptors (Lipinski definition) is 4. The lowest BCUT2D eigenvalue weighted by molar-refractivity contribution is 0.354. The van der Waals surface area contributed by atoms with Crippen molar-refractivity contribution in [2.24, 2.45) is 0 Å². The molecular weight excluding hydrogens is 256 g/mol. The molecule has 0 atom stereocenters. The van der Waals surface area contributed by atoms with Crippen LogP contribution < -0.4 is 9.47 Å². The molecule has 0 spiro atoms. The van der Waals surface area contributed by atoms with Gasteiger partial charge in [0.15, 0.2) is 11.5 Å². The Bertz CT molecular complexity index is 481. The largest absolute Gasteiger partial charge is 0.493 e. The first-order chi connectivity index (χ1) is 8.46. The van der Waals surface area contributed by atoms with Crippen LogP contribution in [0.5, 0.6) is 11.5 Å². The first-order valence-electron chi connectivity index (χ1n) is 5.62. The van der Waals surface area contributed by atoms with Gasteiger partial charge in [0.25, 0.3) is 10.1 Å². The maximum atomic E-state index is 10.5. The topological polar surface area (TPSA) is 72.8 Å². The molecule has 0 aliphatic heterocycles. The Morgan fingerprint density at radius 2 is 1.78 bits per heavy atom. The zero-order valence-electron chi connectivity index (χ0n) is 10.5. The SMILES string of the molecule is COc1ccc(CCCCS(=O)(=O)O)cc1OC. The lowest BCUT2D eigenvalue weighted by atomic mass is 10.1. The Labute approximate surface area is 107 Å². The summed E-state index contributed by atoms with van der Waals surface area (Å²) in [6.07, 6.45) is 1.86. The number of rotatable bonds is 7. The Morgan fingerprint density at radius 1 is 1.11 bits per heavy atom. The van der Waals surface area contributed by atoms with Crippen molar-refractivity contribution in [3.8, 4) is 11.5 Å². The molecule has 0 heterocycles. The van der Waals surface area contributed by atoms with Crippen LogP contribution in [0, 0.1) is 0 Å². The maximum absolute atomic E-state index is 10.5. The van der Waals surface area contributed by atoms with Gasteiger partial charge in [-0.2, -0.15) is 8.42 Å². The summed E-state index contributed by atoms with van der Waals surface area (Å²) in [4.78, 5) is 0. The highest BCUT2D eigenvalue weighted by atomic mass is 32.2. The molecule has 0 saturated carbocycles. The number of methoxy groups -OCH3 is 2. The van der Waals surface area contributed by atoms with Crippen molar-refractivity contribution in [2.45, 2.75) is 19.3 Å². The van der Waals surface area contributed by atoms with Crippen LogP contribution >= 0.6 is 0 Å². The summed E-state index contributed by atoms with van der Waals surface area (Å²) in [6, 6.07) is 5.60. The molecule has 0 aliphatic carbocycles. The third-order valence-corrected chi connectivity index (χ3v) is 3.37. The van der Waals surface area contributed by atoms with Crippen molar-refractivity contribution in [2.75, 3.05) is 20.0 Å². The first-order valence-corrected chi connectivity index (χ1v) is 7.23. The normalized spacial score (nSPS) is 11.3. The fourth-order valence-electron chi connectivity index (χ4n) is 1.65. The number of ether oxygens (including phenoxy) is 2. The van der Waals surface area contributed by atoms with E-state index in [0.717, 1.165) is 12.0 Å². The van der Waals surface area contributed by atoms with E-state index in [1.54, 1.807) is 14.2 Å². The van der Waals surface area contributed by atoms with Crippen molar-refractivity contribution < 1.29 is 22.4 Å². The summed E-state index contributed by atoms with van der Waals surface area (Å²) in [5, 5.41) is 0. The van der Waals surface area contributed by atoms with Crippen molar-refractivity contribution in [3.05, 3.63) is 23.8 Å². The van der Waals surface area contributed by atoms with Gasteiger partial charge in [0, 0.05) is 0 Å². The summed E-state index contributed by atoms with van der Waals surface area (Å²) in [6.45, 7) is 0. The minimum atomic E-state index is -3.85. The average Bonchev–Trinajstić information content (AvgIpc) is 2.33. The fourth-order valence-corrected chi connectivity index (χ4v) is 2.22. The Hall–Kier alpha value is -1.27. The molecule has 0 aromatic heterocycles. The molecule has 5 nitrogen and oxygen atoms in total. The summed E-state index contributed by atoms with van der Waals surface area (Å²) in [5.41, 5.74) is 1.04. The van der Waals surface area contributed by atoms with Gasteiger partial charge in [0.05, 0.1) is 20.0 Å². The van der Waals surface area contributed by atoms with Gasteiger partial charge < -0.3 is 9.47 Å². The Morgan fingerprint density at radius 3 is 2.33 bits per heavy atom. The summed E-state index contributed by atoms with van der Waals surface area (Å²) in [7, 11) is -0.704. The van der Waals surface area contributed by atoms with E-state index < -0.39 is 10.1 Å². The van der Waals surface area contributed by atoms with E-state index >= 15 is 0 Å². The highest BCUT2D eigenvalue weighted by Gasteiger charge is 2.06. The second-order valence-corrected chi connectivity index (χ2v) is 5.50. The van der Waals surface area contributed by atoms with Gasteiger partial charge in [-0.1, -0.05) is 6.07 Å². The smallest absolute Gasteiger partial charge is 0.264 e. The summed E-state index contributed by atoms with van der Waals surface area (Å²) < 4.78 is 40.0. The highest BCUT2D eigenvalue weighted by molar-refractivity contribution is 7.85. The second kappa shape index (κ2) is 6.61. The quantitative estimate of drug-likeness (QED) is 0.607. The lowest BCUT2D eigenvalue weighted by Crippen LogP contribution is -2.04. The molecule has 0 amide bonds. The van der Waals surface area contributed by atoms with Crippen LogP contribution in [0.25, 0.3) is 0 Å². The van der Waals surface area contributed by atoms with E-state index in [-0.39, 0.29) is 5.75 Å². The molecule has 18 heavy (non-hydrogen) atoms. The van der Waals surface area contributed by atoms with Crippen molar-refractivity contribution in [3.63, 3.8) is 0 Å². The molecule has 0 aliphatic rings. The van der Waals surface area contributed by atoms with E-state index in [1.165, 1.54) is 0 Å². The Kier molecular flexibility index (Phi) is 5.43. The van der Waals surface area contributed by atoms with Gasteiger partial charge >= 0.3 is 0 Å². The molecule has 0 bridgehead atoms. The molecule has 1 aromatic carbocycles. The molecule has 102 valence electrons. The minimum absolute atomic E-state index is 0.194. The lowest BCUT2D eigenvalue weighted by Gasteiger charge is -2.09. The van der Waals surface area contributed by atoms with Crippen LogP contribution in [0.3, 0.4) is 0 Å². The predicted molar refractivity (Wildman–Crippen MR) is 68.9 cm³/mol. The molecule has 0 unspecified atom stereocenters. The number of hydrogen-bond donors (Lipinski definition) is 1. The van der Waals surface area contributed by atoms with Gasteiger partial charge in [0.1, 0.15) is 0 Å². The van der Waals surface area contributed by atoms with Gasteiger partial charge in [-0.15, -0.1) is 0 Å². The molecule has 1 N–H and O–H groups in total. The number of unbranched alkanes of at least 4 members (excludes halogenated alkanes) is 1. The summed E-state index contributed by atoms with van der Waals surface area (Å²) in [5.74, 6) is 1.13. The average molecular weight is 274 g/mol. The van der Waals surface area contributed by atoms with Gasteiger partial charge in [0.2, 0.25) is 0 Å². The van der Waals surface area contributed by atoms with Crippen molar-refractivity contribution >= 4 is 10.1 Å². The third-order valence-electron chi connectivity index (χ3n) is 2.57. The highest BCUT2D eigenvalue weighted by Crippen LogP contribution is 2.28. The van der Waals surface area contributed by atoms with Crippen LogP contribution in [0.15, 0.2) is 18.2 Å². The minimum Gasteiger partial charge on any atom is -0.493 e. The molecule has 1 rings (SSSR count). The second-order valence-electron chi connectivity index (χ2n) is 3.93. The van der Waals surface area contributed by atoms with E-state index in [0.29, 0.717) is 24.3 Å². The maximum Gasteiger partial charge on any atom is 0.264 e. The molecule has 0 fully saturated rings. The van der Waals surface area contributed by atoms with Gasteiger partial charge in [-0.05, 0) is 37.0 Å². The third kappa shape index (κ3) is 4.93. The monoisotopic (exact) mass is 274 g/mol. The molecule has 1 aromatic rings. The number of benzene rings is 1. The van der Waals surface area contributed by atoms with Crippen LogP contribution in [0.2, 0.25) is 0 Å². The van der Waals surface area contributed by atoms with Crippen molar-refractivity contribution in [1.82, 2.24) is 0 Å². The van der Waals surface area contributed by atoms with Crippen LogP contribution in [0.4, 0.5) is 0 Å². The van der Waals surface area contributed by atoms with E-state index in [1.807, 2.05) is 18.2 Å². The molecule has 0 saturated heterocycles. The van der Waals surface area contributed by atoms with E-state index in [4.69, 9.17) is 14.0 Å². The molecule has 0 radical (unpaired) electrons. The molecular formula is C12H18O5S.